The highest BCUT2D eigenvalue weighted by molar-refractivity contribution is 5.98. The van der Waals surface area contributed by atoms with Gasteiger partial charge in [0, 0.05) is 42.1 Å². The molecule has 0 radical (unpaired) electrons. The molecule has 69 heavy (non-hydrogen) atoms. The predicted octanol–water partition coefficient (Wildman–Crippen LogP) is 5.32. The van der Waals surface area contributed by atoms with Crippen LogP contribution < -0.4 is 44.7 Å². The molecule has 3 amide bonds. The summed E-state index contributed by atoms with van der Waals surface area (Å²) in [7, 11) is 4.78. The van der Waals surface area contributed by atoms with Gasteiger partial charge in [-0.1, -0.05) is 50.3 Å². The third-order valence-corrected chi connectivity index (χ3v) is 12.8. The first-order chi connectivity index (χ1) is 33.2. The van der Waals surface area contributed by atoms with Gasteiger partial charge >= 0.3 is 0 Å². The third kappa shape index (κ3) is 10.3. The minimum atomic E-state index is -1.58. The summed E-state index contributed by atoms with van der Waals surface area (Å²) in [5.74, 6) is 1.19. The van der Waals surface area contributed by atoms with Crippen molar-refractivity contribution >= 4 is 47.2 Å². The number of ether oxygens (including phenoxy) is 5. The topological polar surface area (TPSA) is 216 Å². The summed E-state index contributed by atoms with van der Waals surface area (Å²) >= 11 is 0. The van der Waals surface area contributed by atoms with E-state index in [1.807, 2.05) is 77.7 Å². The molecule has 2 aromatic heterocycles. The molecule has 2 aromatic carbocycles. The van der Waals surface area contributed by atoms with Crippen molar-refractivity contribution in [2.24, 2.45) is 17.8 Å². The highest BCUT2D eigenvalue weighted by atomic mass is 16.5. The summed E-state index contributed by atoms with van der Waals surface area (Å²) in [5.41, 5.74) is 7.39. The first-order valence-corrected chi connectivity index (χ1v) is 22.8. The minimum absolute atomic E-state index is 0.00183. The summed E-state index contributed by atoms with van der Waals surface area (Å²) in [6.07, 6.45) is 15.0. The number of nitrogens with zero attached hydrogens (tertiary/aromatic N) is 4. The molecule has 18 heteroatoms. The maximum absolute atomic E-state index is 13.6. The zero-order valence-electron chi connectivity index (χ0n) is 39.4. The van der Waals surface area contributed by atoms with Crippen LogP contribution in [-0.2, 0) is 22.7 Å². The summed E-state index contributed by atoms with van der Waals surface area (Å²) < 4.78 is 35.5. The van der Waals surface area contributed by atoms with E-state index in [2.05, 4.69) is 20.5 Å². The number of carbonyl (C=O) groups excluding carboxylic acids is 3. The number of fused-ring (bicyclic) bond motifs is 4. The van der Waals surface area contributed by atoms with Gasteiger partial charge in [-0.3, -0.25) is 14.8 Å². The predicted molar refractivity (Wildman–Crippen MR) is 255 cm³/mol. The van der Waals surface area contributed by atoms with Crippen molar-refractivity contribution in [1.29, 1.82) is 0 Å². The Morgan fingerprint density at radius 2 is 1.26 bits per heavy atom. The molecule has 4 N–H and O–H groups in total. The number of amides is 3. The van der Waals surface area contributed by atoms with Crippen LogP contribution >= 0.6 is 0 Å². The Kier molecular flexibility index (Phi) is 14.2. The lowest BCUT2D eigenvalue weighted by atomic mass is 9.87. The van der Waals surface area contributed by atoms with Crippen LogP contribution in [0.5, 0.6) is 28.7 Å². The molecule has 8 rings (SSSR count). The molecule has 2 aliphatic heterocycles. The molecular weight excluding hydrogens is 887 g/mol. The number of hydrogen-bond acceptors (Lipinski definition) is 11. The van der Waals surface area contributed by atoms with E-state index in [9.17, 15) is 29.9 Å². The van der Waals surface area contributed by atoms with Gasteiger partial charge in [0.25, 0.3) is 0 Å². The Balaban J connectivity index is 0.857. The number of allylic oxidation sites excluding steroid dienone is 8. The minimum Gasteiger partial charge on any atom is -0.618 e. The van der Waals surface area contributed by atoms with Crippen molar-refractivity contribution in [3.8, 4) is 28.7 Å². The normalized spacial score (nSPS) is 18.0. The van der Waals surface area contributed by atoms with Crippen LogP contribution in [0.4, 0.5) is 10.5 Å². The largest absolute Gasteiger partial charge is 0.618 e. The number of hydrogen-bond donors (Lipinski definition) is 4. The number of carbonyl (C=O) groups is 3. The van der Waals surface area contributed by atoms with Gasteiger partial charge < -0.3 is 63.9 Å². The number of methoxy groups -OCH3 is 3. The first-order valence-electron chi connectivity index (χ1n) is 22.8. The Morgan fingerprint density at radius 3 is 1.80 bits per heavy atom. The number of benzene rings is 2. The molecule has 0 bridgehead atoms. The highest BCUT2D eigenvalue weighted by Crippen LogP contribution is 2.41. The molecule has 2 aliphatic carbocycles. The SMILES string of the molecule is COc1ccc(C2=CC=C3C(C2)Cn2cc(OCCCOc4cn5c(c4OC)C=[N+]([O-])C4=CC=C(c6ccc(NC(=O)C(C)NC(=O)C(NC(=O)[O-])C(C)C)cc6)CC4C5)c(OC)c2C=[N+]3O)cc1. The Bertz CT molecular complexity index is 2790. The van der Waals surface area contributed by atoms with Crippen LogP contribution in [-0.4, -0.2) is 101 Å². The zero-order chi connectivity index (χ0) is 48.9. The maximum Gasteiger partial charge on any atom is 0.250 e. The second-order valence-electron chi connectivity index (χ2n) is 17.7. The van der Waals surface area contributed by atoms with Crippen LogP contribution in [0.2, 0.25) is 0 Å². The lowest BCUT2D eigenvalue weighted by Crippen LogP contribution is -2.56. The first kappa shape index (κ1) is 47.6. The molecule has 4 atom stereocenters. The van der Waals surface area contributed by atoms with Gasteiger partial charge in [0.15, 0.2) is 40.1 Å². The van der Waals surface area contributed by atoms with Gasteiger partial charge in [-0.25, -0.2) is 0 Å². The van der Waals surface area contributed by atoms with Crippen LogP contribution in [0.25, 0.3) is 11.1 Å². The molecule has 4 aliphatic rings. The summed E-state index contributed by atoms with van der Waals surface area (Å²) in [4.78, 5) is 36.6. The van der Waals surface area contributed by atoms with E-state index < -0.39 is 30.0 Å². The van der Waals surface area contributed by atoms with Crippen molar-refractivity contribution in [1.82, 2.24) is 19.8 Å². The number of hydroxylamine groups is 2. The fourth-order valence-electron chi connectivity index (χ4n) is 9.15. The van der Waals surface area contributed by atoms with Crippen molar-refractivity contribution in [2.75, 3.05) is 39.9 Å². The van der Waals surface area contributed by atoms with Crippen LogP contribution in [0, 0.1) is 23.0 Å². The Hall–Kier alpha value is -7.89. The maximum atomic E-state index is 13.6. The second-order valence-corrected chi connectivity index (χ2v) is 17.7. The van der Waals surface area contributed by atoms with Crippen LogP contribution in [0.3, 0.4) is 0 Å². The average Bonchev–Trinajstić information content (AvgIpc) is 3.74. The quantitative estimate of drug-likeness (QED) is 0.0460. The molecule has 4 unspecified atom stereocenters. The van der Waals surface area contributed by atoms with Gasteiger partial charge in [0.05, 0.1) is 58.8 Å². The zero-order valence-corrected chi connectivity index (χ0v) is 39.4. The molecule has 0 saturated carbocycles. The number of rotatable bonds is 17. The van der Waals surface area contributed by atoms with Crippen molar-refractivity contribution in [3.05, 3.63) is 124 Å². The molecule has 362 valence electrons. The molecule has 18 nitrogen and oxygen atoms in total. The number of carboxylic acid groups (broad SMARTS) is 1. The lowest BCUT2D eigenvalue weighted by molar-refractivity contribution is -0.738. The fraction of sp³-hybridized carbons (Fsp3) is 0.353. The smallest absolute Gasteiger partial charge is 0.250 e. The number of nitrogens with one attached hydrogen (secondary N) is 3. The average molecular weight is 944 g/mol. The molecule has 0 fully saturated rings. The molecule has 4 aromatic rings. The third-order valence-electron chi connectivity index (χ3n) is 12.8. The monoisotopic (exact) mass is 943 g/mol. The molecule has 0 saturated heterocycles. The van der Waals surface area contributed by atoms with Gasteiger partial charge in [0.1, 0.15) is 23.9 Å². The van der Waals surface area contributed by atoms with Gasteiger partial charge in [-0.2, -0.15) is 4.74 Å². The summed E-state index contributed by atoms with van der Waals surface area (Å²) in [6, 6.07) is 13.2. The summed E-state index contributed by atoms with van der Waals surface area (Å²) in [6.45, 7) is 6.58. The summed E-state index contributed by atoms with van der Waals surface area (Å²) in [5, 5.41) is 43.2. The van der Waals surface area contributed by atoms with E-state index in [-0.39, 0.29) is 17.8 Å². The van der Waals surface area contributed by atoms with E-state index in [1.165, 1.54) is 23.5 Å². The van der Waals surface area contributed by atoms with Crippen LogP contribution in [0.15, 0.2) is 96.6 Å². The lowest BCUT2D eigenvalue weighted by Gasteiger charge is -2.24. The van der Waals surface area contributed by atoms with Crippen molar-refractivity contribution in [2.45, 2.75) is 65.2 Å². The molecule has 0 spiro atoms. The van der Waals surface area contributed by atoms with E-state index in [0.29, 0.717) is 84.9 Å². The van der Waals surface area contributed by atoms with E-state index >= 15 is 0 Å². The number of anilines is 1. The van der Waals surface area contributed by atoms with E-state index in [4.69, 9.17) is 23.7 Å². The standard InChI is InChI=1S/C51H57N7O11/c1-30(2)46(54-51(61)62)50(60)52-31(3)49(59)53-38-14-8-32(9-15-38)34-12-18-40-36(22-34)24-55-28-44(47(66-5)42(55)26-57(40)63)68-20-7-21-69-45-29-56-25-37-23-35(33-10-16-39(65-4)17-11-33)13-19-41(37)58(64)27-43(56)48(45)67-6/h8-19,26-31,36-37,46,54H,7,20-25H2,1-6H3,(H3-,52,53,59,60,61,62,64). The van der Waals surface area contributed by atoms with Gasteiger partial charge in [-0.05, 0) is 72.2 Å². The Labute approximate surface area is 399 Å². The van der Waals surface area contributed by atoms with Gasteiger partial charge in [-0.15, -0.1) is 0 Å². The highest BCUT2D eigenvalue weighted by Gasteiger charge is 2.36. The second kappa shape index (κ2) is 20.5. The van der Waals surface area contributed by atoms with E-state index in [1.54, 1.807) is 53.5 Å². The van der Waals surface area contributed by atoms with Crippen molar-refractivity contribution in [3.63, 3.8) is 0 Å². The van der Waals surface area contributed by atoms with Crippen LogP contribution in [0.1, 0.15) is 62.5 Å². The number of aromatic nitrogens is 2. The van der Waals surface area contributed by atoms with Crippen molar-refractivity contribution < 1.29 is 57.9 Å². The van der Waals surface area contributed by atoms with Gasteiger partial charge in [0.2, 0.25) is 29.9 Å². The fourth-order valence-corrected chi connectivity index (χ4v) is 9.15. The Morgan fingerprint density at radius 1 is 0.725 bits per heavy atom. The molecular formula is C51H57N7O11. The molecule has 4 heterocycles. The van der Waals surface area contributed by atoms with E-state index in [0.717, 1.165) is 39.3 Å².